The Kier molecular flexibility index (Phi) is 6.55. The largest absolute Gasteiger partial charge is 0.442 e. The zero-order valence-electron chi connectivity index (χ0n) is 16.5. The van der Waals surface area contributed by atoms with E-state index in [2.05, 4.69) is 10.5 Å². The molecule has 1 atom stereocenters. The Hall–Kier alpha value is -3.15. The Bertz CT molecular complexity index is 821. The second-order valence-electron chi connectivity index (χ2n) is 7.17. The van der Waals surface area contributed by atoms with Gasteiger partial charge >= 0.3 is 6.09 Å². The van der Waals surface area contributed by atoms with Crippen LogP contribution < -0.4 is 20.9 Å². The Morgan fingerprint density at radius 2 is 1.93 bits per heavy atom. The van der Waals surface area contributed by atoms with E-state index in [4.69, 9.17) is 15.7 Å². The first-order valence-corrected chi connectivity index (χ1v) is 9.43. The minimum absolute atomic E-state index is 0.0506. The highest BCUT2D eigenvalue weighted by atomic mass is 19.1. The summed E-state index contributed by atoms with van der Waals surface area (Å²) in [6.07, 6.45) is -1.33. The Balaban J connectivity index is 1.68. The molecule has 2 aliphatic rings. The van der Waals surface area contributed by atoms with E-state index in [0.29, 0.717) is 26.2 Å². The van der Waals surface area contributed by atoms with Gasteiger partial charge in [-0.1, -0.05) is 5.16 Å². The molecule has 1 aromatic rings. The number of hydrogen-bond acceptors (Lipinski definition) is 7. The van der Waals surface area contributed by atoms with Gasteiger partial charge in [0.25, 0.3) is 0 Å². The fourth-order valence-corrected chi connectivity index (χ4v) is 3.50. The first-order valence-electron chi connectivity index (χ1n) is 9.43. The van der Waals surface area contributed by atoms with Gasteiger partial charge in [-0.15, -0.1) is 0 Å². The van der Waals surface area contributed by atoms with Crippen LogP contribution in [0.1, 0.15) is 6.92 Å². The number of nitrogens with zero attached hydrogens (tertiary/aromatic N) is 4. The average molecular weight is 426 g/mol. The van der Waals surface area contributed by atoms with E-state index in [0.717, 1.165) is 17.0 Å². The molecule has 2 amide bonds. The van der Waals surface area contributed by atoms with Crippen LogP contribution in [0.3, 0.4) is 0 Å². The zero-order valence-corrected chi connectivity index (χ0v) is 16.5. The monoisotopic (exact) mass is 426 g/mol. The minimum Gasteiger partial charge on any atom is -0.442 e. The SMILES string of the molecule is CC(=O)NC[C@H]1CN(c2cc(F)c(N3CCN(CC(N)=NO)CC3)c(F)c2)C(=O)O1. The van der Waals surface area contributed by atoms with Crippen molar-refractivity contribution < 1.29 is 28.3 Å². The standard InChI is InChI=1S/C18H24F2N6O4/c1-11(27)22-8-13-9-26(18(28)30-13)12-6-14(19)17(15(20)7-12)25-4-2-24(3-5-25)10-16(21)23-29/h6-7,13,29H,2-5,8-10H2,1H3,(H2,21,23)(H,22,27)/t13-/m0/s1. The van der Waals surface area contributed by atoms with Gasteiger partial charge in [0.1, 0.15) is 11.8 Å². The zero-order chi connectivity index (χ0) is 21.8. The highest BCUT2D eigenvalue weighted by Crippen LogP contribution is 2.31. The molecule has 0 radical (unpaired) electrons. The second-order valence-corrected chi connectivity index (χ2v) is 7.17. The molecule has 0 saturated carbocycles. The molecule has 2 fully saturated rings. The Labute approximate surface area is 171 Å². The number of amidine groups is 1. The van der Waals surface area contributed by atoms with E-state index in [9.17, 15) is 18.4 Å². The third-order valence-corrected chi connectivity index (χ3v) is 4.97. The van der Waals surface area contributed by atoms with Crippen LogP contribution in [0.2, 0.25) is 0 Å². The van der Waals surface area contributed by atoms with E-state index in [1.165, 1.54) is 6.92 Å². The van der Waals surface area contributed by atoms with Crippen molar-refractivity contribution in [2.75, 3.05) is 55.6 Å². The third kappa shape index (κ3) is 4.87. The highest BCUT2D eigenvalue weighted by Gasteiger charge is 2.34. The van der Waals surface area contributed by atoms with Gasteiger partial charge in [-0.25, -0.2) is 13.6 Å². The number of oxime groups is 1. The van der Waals surface area contributed by atoms with E-state index in [-0.39, 0.29) is 42.8 Å². The van der Waals surface area contributed by atoms with Crippen LogP contribution in [-0.4, -0.2) is 79.9 Å². The number of cyclic esters (lactones) is 1. The number of nitrogens with one attached hydrogen (secondary N) is 1. The van der Waals surface area contributed by atoms with Gasteiger partial charge in [-0.05, 0) is 0 Å². The summed E-state index contributed by atoms with van der Waals surface area (Å²) in [7, 11) is 0. The van der Waals surface area contributed by atoms with Gasteiger partial charge in [0.05, 0.1) is 25.3 Å². The maximum absolute atomic E-state index is 14.8. The van der Waals surface area contributed by atoms with Crippen molar-refractivity contribution in [3.05, 3.63) is 23.8 Å². The van der Waals surface area contributed by atoms with Crippen LogP contribution in [0.25, 0.3) is 0 Å². The molecule has 0 unspecified atom stereocenters. The van der Waals surface area contributed by atoms with Crippen molar-refractivity contribution >= 4 is 29.2 Å². The summed E-state index contributed by atoms with van der Waals surface area (Å²) in [6, 6.07) is 2.20. The van der Waals surface area contributed by atoms with E-state index in [1.54, 1.807) is 4.90 Å². The van der Waals surface area contributed by atoms with Crippen LogP contribution in [-0.2, 0) is 9.53 Å². The number of carbonyl (C=O) groups is 2. The maximum atomic E-state index is 14.8. The third-order valence-electron chi connectivity index (χ3n) is 4.97. The smallest absolute Gasteiger partial charge is 0.414 e. The number of amides is 2. The molecule has 164 valence electrons. The van der Waals surface area contributed by atoms with Gasteiger partial charge < -0.3 is 25.9 Å². The van der Waals surface area contributed by atoms with Crippen molar-refractivity contribution in [1.29, 1.82) is 0 Å². The quantitative estimate of drug-likeness (QED) is 0.259. The van der Waals surface area contributed by atoms with E-state index in [1.807, 2.05) is 4.90 Å². The van der Waals surface area contributed by atoms with Gasteiger partial charge in [0, 0.05) is 45.2 Å². The molecule has 12 heteroatoms. The lowest BCUT2D eigenvalue weighted by atomic mass is 10.2. The number of carbonyl (C=O) groups excluding carboxylic acids is 2. The molecular weight excluding hydrogens is 402 g/mol. The number of piperazine rings is 1. The molecule has 0 bridgehead atoms. The summed E-state index contributed by atoms with van der Waals surface area (Å²) in [5, 5.41) is 14.1. The summed E-state index contributed by atoms with van der Waals surface area (Å²) >= 11 is 0. The van der Waals surface area contributed by atoms with E-state index >= 15 is 0 Å². The summed E-state index contributed by atoms with van der Waals surface area (Å²) in [6.45, 7) is 3.49. The lowest BCUT2D eigenvalue weighted by molar-refractivity contribution is -0.119. The molecule has 0 spiro atoms. The Morgan fingerprint density at radius 1 is 1.30 bits per heavy atom. The number of benzene rings is 1. The predicted molar refractivity (Wildman–Crippen MR) is 105 cm³/mol. The molecule has 3 rings (SSSR count). The lowest BCUT2D eigenvalue weighted by Gasteiger charge is -2.36. The Morgan fingerprint density at radius 3 is 2.50 bits per heavy atom. The number of ether oxygens (including phenoxy) is 1. The van der Waals surface area contributed by atoms with Crippen molar-refractivity contribution in [2.24, 2.45) is 10.9 Å². The normalized spacial score (nSPS) is 20.4. The predicted octanol–water partition coefficient (Wildman–Crippen LogP) is 0.295. The van der Waals surface area contributed by atoms with Crippen LogP contribution in [0, 0.1) is 11.6 Å². The molecule has 0 aromatic heterocycles. The number of halogens is 2. The first kappa shape index (κ1) is 21.6. The van der Waals surface area contributed by atoms with Crippen LogP contribution in [0.5, 0.6) is 0 Å². The topological polar surface area (TPSA) is 124 Å². The van der Waals surface area contributed by atoms with Crippen LogP contribution >= 0.6 is 0 Å². The fraction of sp³-hybridized carbons (Fsp3) is 0.500. The highest BCUT2D eigenvalue weighted by molar-refractivity contribution is 5.90. The molecule has 4 N–H and O–H groups in total. The second kappa shape index (κ2) is 9.11. The minimum atomic E-state index is -0.784. The lowest BCUT2D eigenvalue weighted by Crippen LogP contribution is -2.49. The van der Waals surface area contributed by atoms with Gasteiger partial charge in [-0.3, -0.25) is 14.6 Å². The maximum Gasteiger partial charge on any atom is 0.414 e. The molecular formula is C18H24F2N6O4. The summed E-state index contributed by atoms with van der Waals surface area (Å²) in [5.74, 6) is -1.77. The summed E-state index contributed by atoms with van der Waals surface area (Å²) in [5.41, 5.74) is 5.38. The fourth-order valence-electron chi connectivity index (χ4n) is 3.50. The molecule has 1 aromatic carbocycles. The average Bonchev–Trinajstić information content (AvgIpc) is 3.07. The van der Waals surface area contributed by atoms with Gasteiger partial charge in [0.2, 0.25) is 5.91 Å². The van der Waals surface area contributed by atoms with Crippen molar-refractivity contribution in [1.82, 2.24) is 10.2 Å². The van der Waals surface area contributed by atoms with Gasteiger partial charge in [0.15, 0.2) is 17.5 Å². The van der Waals surface area contributed by atoms with Crippen LogP contribution in [0.15, 0.2) is 17.3 Å². The van der Waals surface area contributed by atoms with Crippen molar-refractivity contribution in [2.45, 2.75) is 13.0 Å². The van der Waals surface area contributed by atoms with Gasteiger partial charge in [-0.2, -0.15) is 0 Å². The van der Waals surface area contributed by atoms with Crippen molar-refractivity contribution in [3.8, 4) is 0 Å². The molecule has 2 saturated heterocycles. The molecule has 2 aliphatic heterocycles. The molecule has 30 heavy (non-hydrogen) atoms. The van der Waals surface area contributed by atoms with E-state index < -0.39 is 23.8 Å². The first-order chi connectivity index (χ1) is 14.3. The molecule has 10 nitrogen and oxygen atoms in total. The summed E-state index contributed by atoms with van der Waals surface area (Å²) in [4.78, 5) is 27.7. The molecule has 0 aliphatic carbocycles. The number of nitrogens with two attached hydrogens (primary N) is 1. The number of rotatable bonds is 6. The van der Waals surface area contributed by atoms with Crippen molar-refractivity contribution in [3.63, 3.8) is 0 Å². The van der Waals surface area contributed by atoms with Crippen LogP contribution in [0.4, 0.5) is 25.0 Å². The molecule has 2 heterocycles. The summed E-state index contributed by atoms with van der Waals surface area (Å²) < 4.78 is 34.7. The number of hydrogen-bond donors (Lipinski definition) is 3. The number of anilines is 2.